The minimum absolute atomic E-state index is 0.661. The van der Waals surface area contributed by atoms with E-state index >= 15 is 0 Å². The Hall–Kier alpha value is -7.76. The summed E-state index contributed by atoms with van der Waals surface area (Å²) in [5.41, 5.74) is 11.9. The summed E-state index contributed by atoms with van der Waals surface area (Å²) in [7, 11) is 0. The third-order valence-corrected chi connectivity index (χ3v) is 11.2. The summed E-state index contributed by atoms with van der Waals surface area (Å²) in [6.07, 6.45) is 4.38. The van der Waals surface area contributed by atoms with E-state index in [0.717, 1.165) is 110 Å². The van der Waals surface area contributed by atoms with Crippen LogP contribution in [0.1, 0.15) is 12.5 Å². The number of benzene rings is 7. The molecule has 0 aliphatic rings. The Morgan fingerprint density at radius 1 is 0.569 bits per heavy atom. The maximum atomic E-state index is 7.02. The monoisotopic (exact) mass is 745 g/mol. The van der Waals surface area contributed by atoms with Crippen LogP contribution in [-0.4, -0.2) is 14.5 Å². The fourth-order valence-corrected chi connectivity index (χ4v) is 8.43. The smallest absolute Gasteiger partial charge is 0.160 e. The van der Waals surface area contributed by atoms with E-state index in [-0.39, 0.29) is 0 Å². The van der Waals surface area contributed by atoms with Crippen molar-refractivity contribution in [1.82, 2.24) is 14.5 Å². The van der Waals surface area contributed by atoms with Crippen LogP contribution in [0.25, 0.3) is 113 Å². The molecule has 0 amide bonds. The van der Waals surface area contributed by atoms with E-state index in [1.54, 1.807) is 0 Å². The van der Waals surface area contributed by atoms with E-state index in [4.69, 9.17) is 25.4 Å². The Kier molecular flexibility index (Phi) is 7.79. The summed E-state index contributed by atoms with van der Waals surface area (Å²) in [5, 5.41) is 7.10. The number of hydrogen-bond acceptors (Lipinski definition) is 4. The van der Waals surface area contributed by atoms with Gasteiger partial charge in [-0.2, -0.15) is 0 Å². The van der Waals surface area contributed by atoms with Crippen molar-refractivity contribution in [2.75, 3.05) is 0 Å². The predicted octanol–water partition coefficient (Wildman–Crippen LogP) is 12.5. The molecule has 0 fully saturated rings. The van der Waals surface area contributed by atoms with Gasteiger partial charge in [0.25, 0.3) is 0 Å². The van der Waals surface area contributed by atoms with E-state index in [1.807, 2.05) is 66.7 Å². The molecule has 4 heterocycles. The first kappa shape index (κ1) is 33.6. The van der Waals surface area contributed by atoms with E-state index in [0.29, 0.717) is 5.82 Å². The summed E-state index contributed by atoms with van der Waals surface area (Å²) in [6, 6.07) is 58.1. The molecule has 0 aliphatic carbocycles. The van der Waals surface area contributed by atoms with Gasteiger partial charge in [-0.3, -0.25) is 0 Å². The Bertz CT molecular complexity index is 3460. The zero-order valence-electron chi connectivity index (χ0n) is 31.7. The van der Waals surface area contributed by atoms with Crippen LogP contribution in [0.2, 0.25) is 0 Å². The number of fused-ring (bicyclic) bond motifs is 8. The first-order valence-corrected chi connectivity index (χ1v) is 19.5. The Morgan fingerprint density at radius 3 is 1.98 bits per heavy atom. The maximum Gasteiger partial charge on any atom is 0.160 e. The lowest BCUT2D eigenvalue weighted by atomic mass is 10.0. The quantitative estimate of drug-likeness (QED) is 0.170. The number of para-hydroxylation sites is 4. The highest BCUT2D eigenvalue weighted by atomic mass is 16.3. The number of rotatable bonds is 6. The van der Waals surface area contributed by atoms with Crippen molar-refractivity contribution in [2.45, 2.75) is 6.92 Å². The molecule has 0 atom stereocenters. The van der Waals surface area contributed by atoms with Crippen LogP contribution >= 0.6 is 0 Å². The highest BCUT2D eigenvalue weighted by Gasteiger charge is 2.20. The number of aromatic nitrogens is 3. The van der Waals surface area contributed by atoms with Crippen LogP contribution in [0.3, 0.4) is 0 Å². The molecule has 0 saturated heterocycles. The van der Waals surface area contributed by atoms with Crippen LogP contribution in [-0.2, 0) is 0 Å². The summed E-state index contributed by atoms with van der Waals surface area (Å²) >= 11 is 0. The molecule has 0 spiro atoms. The minimum Gasteiger partial charge on any atom is -0.455 e. The minimum atomic E-state index is 0.661. The van der Waals surface area contributed by atoms with E-state index < -0.39 is 0 Å². The number of furan rings is 2. The number of hydrogen-bond donors (Lipinski definition) is 0. The van der Waals surface area contributed by atoms with Crippen molar-refractivity contribution in [1.29, 1.82) is 0 Å². The van der Waals surface area contributed by atoms with Gasteiger partial charge in [-0.05, 0) is 61.0 Å². The standard InChI is InChI=1S/C53H35N3O2/c1-3-34(31-47-33(2)49-46(56(47)37-21-11-6-12-22-37)30-29-42-39-23-13-14-28-48(39)57-52(42)49)38-24-15-25-40-41-26-16-27-43(51(41)58-50(38)40)45-32-44(35-17-7-4-8-18-35)54-53(55-45)36-19-9-5-10-20-36/h3-32H,2H2,1H3/b34-3+,47-31+. The molecule has 0 saturated carbocycles. The summed E-state index contributed by atoms with van der Waals surface area (Å²) in [5.74, 6) is 0.661. The van der Waals surface area contributed by atoms with Crippen LogP contribution in [0.4, 0.5) is 0 Å². The molecule has 0 aliphatic heterocycles. The second kappa shape index (κ2) is 13.5. The van der Waals surface area contributed by atoms with Crippen LogP contribution in [0.5, 0.6) is 0 Å². The second-order valence-electron chi connectivity index (χ2n) is 14.5. The fraction of sp³-hybridized carbons (Fsp3) is 0.0189. The van der Waals surface area contributed by atoms with Crippen LogP contribution < -0.4 is 10.6 Å². The molecule has 5 nitrogen and oxygen atoms in total. The molecule has 0 N–H and O–H groups in total. The average Bonchev–Trinajstić information content (AvgIpc) is 3.95. The first-order valence-electron chi connectivity index (χ1n) is 19.5. The number of allylic oxidation sites excluding steroid dienone is 2. The van der Waals surface area contributed by atoms with Gasteiger partial charge in [-0.1, -0.05) is 140 Å². The Balaban J connectivity index is 1.13. The van der Waals surface area contributed by atoms with E-state index in [9.17, 15) is 0 Å². The predicted molar refractivity (Wildman–Crippen MR) is 239 cm³/mol. The molecule has 274 valence electrons. The van der Waals surface area contributed by atoms with Crippen molar-refractivity contribution in [3.05, 3.63) is 192 Å². The van der Waals surface area contributed by atoms with Gasteiger partial charge in [0.2, 0.25) is 0 Å². The molecule has 5 heteroatoms. The lowest BCUT2D eigenvalue weighted by Gasteiger charge is -2.09. The lowest BCUT2D eigenvalue weighted by Crippen LogP contribution is -2.27. The van der Waals surface area contributed by atoms with Gasteiger partial charge in [-0.25, -0.2) is 9.97 Å². The summed E-state index contributed by atoms with van der Waals surface area (Å²) in [6.45, 7) is 6.80. The molecule has 58 heavy (non-hydrogen) atoms. The molecule has 0 unspecified atom stereocenters. The summed E-state index contributed by atoms with van der Waals surface area (Å²) < 4.78 is 15.9. The van der Waals surface area contributed by atoms with Crippen LogP contribution in [0.15, 0.2) is 185 Å². The zero-order chi connectivity index (χ0) is 38.7. The Morgan fingerprint density at radius 2 is 1.21 bits per heavy atom. The third-order valence-electron chi connectivity index (χ3n) is 11.2. The van der Waals surface area contributed by atoms with Crippen LogP contribution in [0, 0.1) is 0 Å². The van der Waals surface area contributed by atoms with Gasteiger partial charge in [-0.15, -0.1) is 0 Å². The number of nitrogens with zero attached hydrogens (tertiary/aromatic N) is 3. The van der Waals surface area contributed by atoms with Gasteiger partial charge in [0.05, 0.1) is 27.6 Å². The van der Waals surface area contributed by atoms with Crippen molar-refractivity contribution in [2.24, 2.45) is 0 Å². The van der Waals surface area contributed by atoms with Crippen molar-refractivity contribution in [3.63, 3.8) is 0 Å². The van der Waals surface area contributed by atoms with E-state index in [1.165, 1.54) is 0 Å². The molecule has 4 aromatic heterocycles. The highest BCUT2D eigenvalue weighted by molar-refractivity contribution is 6.16. The van der Waals surface area contributed by atoms with Crippen molar-refractivity contribution < 1.29 is 8.83 Å². The van der Waals surface area contributed by atoms with Gasteiger partial charge < -0.3 is 13.4 Å². The fourth-order valence-electron chi connectivity index (χ4n) is 8.43. The lowest BCUT2D eigenvalue weighted by molar-refractivity contribution is 0.668. The second-order valence-corrected chi connectivity index (χ2v) is 14.5. The molecule has 7 aromatic carbocycles. The van der Waals surface area contributed by atoms with Gasteiger partial charge in [0, 0.05) is 54.7 Å². The van der Waals surface area contributed by atoms with E-state index in [2.05, 4.69) is 127 Å². The maximum absolute atomic E-state index is 7.02. The normalized spacial score (nSPS) is 12.5. The first-order chi connectivity index (χ1) is 28.6. The van der Waals surface area contributed by atoms with Crippen molar-refractivity contribution >= 4 is 73.0 Å². The van der Waals surface area contributed by atoms with Gasteiger partial charge in [0.15, 0.2) is 5.82 Å². The largest absolute Gasteiger partial charge is 0.455 e. The molecule has 11 rings (SSSR count). The molecule has 11 aromatic rings. The molecular weight excluding hydrogens is 711 g/mol. The highest BCUT2D eigenvalue weighted by Crippen LogP contribution is 2.40. The van der Waals surface area contributed by atoms with Crippen molar-refractivity contribution in [3.8, 4) is 39.6 Å². The third kappa shape index (κ3) is 5.32. The zero-order valence-corrected chi connectivity index (χ0v) is 31.7. The molecule has 0 radical (unpaired) electrons. The topological polar surface area (TPSA) is 57.0 Å². The SMILES string of the molecule is C=c1/c(=C\C(=C/C)c2cccc3c2oc2c(-c4cc(-c5ccccc5)nc(-c5ccccc5)n4)cccc23)n(-c2ccccc2)c2ccc3c4ccccc4oc3c12. The molecule has 0 bridgehead atoms. The van der Waals surface area contributed by atoms with Gasteiger partial charge >= 0.3 is 0 Å². The summed E-state index contributed by atoms with van der Waals surface area (Å²) in [4.78, 5) is 10.2. The van der Waals surface area contributed by atoms with Gasteiger partial charge in [0.1, 0.15) is 22.3 Å². The average molecular weight is 746 g/mol. The Labute approximate surface area is 333 Å². The molecular formula is C53H35N3O2.